The molecule has 5 rings (SSSR count). The maximum absolute atomic E-state index is 13.4. The molecule has 9 heteroatoms. The van der Waals surface area contributed by atoms with Crippen molar-refractivity contribution in [2.45, 2.75) is 25.3 Å². The molecule has 0 radical (unpaired) electrons. The summed E-state index contributed by atoms with van der Waals surface area (Å²) in [5.41, 5.74) is 3.16. The molecule has 2 aromatic heterocycles. The van der Waals surface area contributed by atoms with Crippen molar-refractivity contribution >= 4 is 22.0 Å². The summed E-state index contributed by atoms with van der Waals surface area (Å²) < 4.78 is 25.8. The normalized spacial score (nSPS) is 15.9. The number of hydroxylamine groups is 2. The van der Waals surface area contributed by atoms with E-state index in [0.29, 0.717) is 18.7 Å². The molecular weight excluding hydrogens is 389 g/mol. The van der Waals surface area contributed by atoms with E-state index in [1.165, 1.54) is 12.1 Å². The number of hydrogen-bond donors (Lipinski definition) is 0. The van der Waals surface area contributed by atoms with Crippen LogP contribution in [-0.2, 0) is 11.4 Å². The van der Waals surface area contributed by atoms with Crippen LogP contribution in [0, 0.1) is 5.82 Å². The first-order chi connectivity index (χ1) is 14.7. The minimum absolute atomic E-state index is 0.281. The van der Waals surface area contributed by atoms with Crippen LogP contribution in [0.1, 0.15) is 24.5 Å². The fourth-order valence-electron chi connectivity index (χ4n) is 3.98. The van der Waals surface area contributed by atoms with Gasteiger partial charge in [-0.3, -0.25) is 4.84 Å². The highest BCUT2D eigenvalue weighted by atomic mass is 19.1. The molecule has 2 aromatic carbocycles. The summed E-state index contributed by atoms with van der Waals surface area (Å²) in [7, 11) is 1.64. The Labute approximate surface area is 172 Å². The van der Waals surface area contributed by atoms with Gasteiger partial charge < -0.3 is 9.26 Å². The highest BCUT2D eigenvalue weighted by Crippen LogP contribution is 2.32. The topological polar surface area (TPSA) is 78.4 Å². The molecule has 0 saturated carbocycles. The molecule has 1 aliphatic rings. The lowest BCUT2D eigenvalue weighted by molar-refractivity contribution is -0.172. The second-order valence-corrected chi connectivity index (χ2v) is 7.41. The van der Waals surface area contributed by atoms with Gasteiger partial charge in [0.15, 0.2) is 5.58 Å². The summed E-state index contributed by atoms with van der Waals surface area (Å²) in [6.07, 6.45) is 1.81. The molecular formula is C21H22FN5O3. The van der Waals surface area contributed by atoms with Gasteiger partial charge >= 0.3 is 0 Å². The van der Waals surface area contributed by atoms with Gasteiger partial charge in [-0.1, -0.05) is 10.4 Å². The minimum Gasteiger partial charge on any atom is -0.497 e. The molecule has 1 fully saturated rings. The van der Waals surface area contributed by atoms with Crippen molar-refractivity contribution in [2.24, 2.45) is 0 Å². The summed E-state index contributed by atoms with van der Waals surface area (Å²) >= 11 is 0. The van der Waals surface area contributed by atoms with E-state index < -0.39 is 0 Å². The van der Waals surface area contributed by atoms with Crippen molar-refractivity contribution in [2.75, 3.05) is 26.8 Å². The van der Waals surface area contributed by atoms with Gasteiger partial charge in [0, 0.05) is 36.5 Å². The second kappa shape index (κ2) is 8.00. The number of benzene rings is 2. The van der Waals surface area contributed by atoms with Crippen LogP contribution in [0.3, 0.4) is 0 Å². The van der Waals surface area contributed by atoms with E-state index in [1.807, 2.05) is 27.9 Å². The highest BCUT2D eigenvalue weighted by molar-refractivity contribution is 5.80. The zero-order valence-corrected chi connectivity index (χ0v) is 16.6. The summed E-state index contributed by atoms with van der Waals surface area (Å²) in [6, 6.07) is 10.3. The predicted molar refractivity (Wildman–Crippen MR) is 108 cm³/mol. The summed E-state index contributed by atoms with van der Waals surface area (Å²) in [6.45, 7) is 2.70. The molecule has 1 saturated heterocycles. The molecule has 1 aliphatic heterocycles. The first-order valence-electron chi connectivity index (χ1n) is 10.0. The number of rotatable bonds is 6. The van der Waals surface area contributed by atoms with Crippen LogP contribution in [0.25, 0.3) is 22.0 Å². The summed E-state index contributed by atoms with van der Waals surface area (Å²) in [5, 5.41) is 15.5. The zero-order chi connectivity index (χ0) is 20.5. The van der Waals surface area contributed by atoms with Crippen LogP contribution < -0.4 is 4.74 Å². The lowest BCUT2D eigenvalue weighted by Gasteiger charge is -2.30. The summed E-state index contributed by atoms with van der Waals surface area (Å²) in [4.78, 5) is 5.95. The van der Waals surface area contributed by atoms with E-state index in [4.69, 9.17) is 14.1 Å². The van der Waals surface area contributed by atoms with Crippen LogP contribution in [0.15, 0.2) is 40.9 Å². The van der Waals surface area contributed by atoms with Crippen LogP contribution in [0.2, 0.25) is 0 Å². The molecule has 4 aromatic rings. The van der Waals surface area contributed by atoms with Gasteiger partial charge in [-0.25, -0.2) is 9.07 Å². The fourth-order valence-corrected chi connectivity index (χ4v) is 3.98. The van der Waals surface area contributed by atoms with E-state index in [0.717, 1.165) is 53.8 Å². The lowest BCUT2D eigenvalue weighted by Crippen LogP contribution is -2.34. The number of fused-ring (bicyclic) bond motifs is 2. The van der Waals surface area contributed by atoms with Gasteiger partial charge in [-0.05, 0) is 37.1 Å². The number of hydrogen-bond acceptors (Lipinski definition) is 7. The Morgan fingerprint density at radius 1 is 1.17 bits per heavy atom. The summed E-state index contributed by atoms with van der Waals surface area (Å²) in [5.74, 6) is 0.743. The Morgan fingerprint density at radius 3 is 2.87 bits per heavy atom. The third kappa shape index (κ3) is 3.61. The maximum Gasteiger partial charge on any atom is 0.170 e. The smallest absolute Gasteiger partial charge is 0.170 e. The monoisotopic (exact) mass is 411 g/mol. The van der Waals surface area contributed by atoms with Crippen LogP contribution in [0.5, 0.6) is 5.75 Å². The molecule has 156 valence electrons. The van der Waals surface area contributed by atoms with Gasteiger partial charge in [0.25, 0.3) is 0 Å². The third-order valence-corrected chi connectivity index (χ3v) is 5.60. The van der Waals surface area contributed by atoms with Crippen molar-refractivity contribution in [3.8, 4) is 5.75 Å². The molecule has 0 N–H and O–H groups in total. The first-order valence-corrected chi connectivity index (χ1v) is 10.0. The van der Waals surface area contributed by atoms with Crippen molar-refractivity contribution in [1.82, 2.24) is 25.2 Å². The molecule has 30 heavy (non-hydrogen) atoms. The number of aromatic nitrogens is 4. The van der Waals surface area contributed by atoms with Gasteiger partial charge in [-0.2, -0.15) is 5.06 Å². The lowest BCUT2D eigenvalue weighted by atomic mass is 9.92. The van der Waals surface area contributed by atoms with Crippen molar-refractivity contribution in [3.05, 3.63) is 47.9 Å². The molecule has 0 amide bonds. The molecule has 0 aliphatic carbocycles. The Bertz CT molecular complexity index is 1170. The van der Waals surface area contributed by atoms with E-state index in [-0.39, 0.29) is 11.7 Å². The standard InChI is InChI=1S/C21H22FN5O3/c1-28-16-3-5-18-19(13-16)27(25-23-18)10-11-29-26-8-6-14(7-9-26)21-17-4-2-15(22)12-20(17)30-24-21/h2-5,12-14H,6-11H2,1H3. The van der Waals surface area contributed by atoms with E-state index in [2.05, 4.69) is 15.5 Å². The average molecular weight is 411 g/mol. The van der Waals surface area contributed by atoms with E-state index in [1.54, 1.807) is 13.2 Å². The van der Waals surface area contributed by atoms with Crippen molar-refractivity contribution in [1.29, 1.82) is 0 Å². The zero-order valence-electron chi connectivity index (χ0n) is 16.6. The Balaban J connectivity index is 1.16. The predicted octanol–water partition coefficient (Wildman–Crippen LogP) is 3.53. The molecule has 0 spiro atoms. The van der Waals surface area contributed by atoms with Gasteiger partial charge in [0.1, 0.15) is 17.1 Å². The van der Waals surface area contributed by atoms with Crippen molar-refractivity contribution < 1.29 is 18.5 Å². The Morgan fingerprint density at radius 2 is 2.03 bits per heavy atom. The number of ether oxygens (including phenoxy) is 1. The Kier molecular flexibility index (Phi) is 5.06. The van der Waals surface area contributed by atoms with Crippen molar-refractivity contribution in [3.63, 3.8) is 0 Å². The number of halogens is 1. The largest absolute Gasteiger partial charge is 0.497 e. The van der Waals surface area contributed by atoms with E-state index in [9.17, 15) is 4.39 Å². The molecule has 3 heterocycles. The number of nitrogens with zero attached hydrogens (tertiary/aromatic N) is 5. The van der Waals surface area contributed by atoms with Gasteiger partial charge in [-0.15, -0.1) is 5.10 Å². The SMILES string of the molecule is COc1ccc2nnn(CCON3CCC(c4noc5cc(F)ccc45)CC3)c2c1. The minimum atomic E-state index is -0.313. The second-order valence-electron chi connectivity index (χ2n) is 7.41. The average Bonchev–Trinajstić information content (AvgIpc) is 3.37. The molecule has 0 atom stereocenters. The van der Waals surface area contributed by atoms with Gasteiger partial charge in [0.05, 0.1) is 31.5 Å². The maximum atomic E-state index is 13.4. The third-order valence-electron chi connectivity index (χ3n) is 5.60. The number of methoxy groups -OCH3 is 1. The molecule has 0 bridgehead atoms. The Hall–Kier alpha value is -3.04. The molecule has 8 nitrogen and oxygen atoms in total. The van der Waals surface area contributed by atoms with Crippen LogP contribution >= 0.6 is 0 Å². The fraction of sp³-hybridized carbons (Fsp3) is 0.381. The highest BCUT2D eigenvalue weighted by Gasteiger charge is 2.25. The van der Waals surface area contributed by atoms with E-state index >= 15 is 0 Å². The van der Waals surface area contributed by atoms with Crippen LogP contribution in [-0.4, -0.2) is 52.0 Å². The van der Waals surface area contributed by atoms with Crippen LogP contribution in [0.4, 0.5) is 4.39 Å². The van der Waals surface area contributed by atoms with Gasteiger partial charge in [0.2, 0.25) is 0 Å². The number of piperidine rings is 1. The quantitative estimate of drug-likeness (QED) is 0.480. The first kappa shape index (κ1) is 19.0. The molecule has 0 unspecified atom stereocenters.